The van der Waals surface area contributed by atoms with Gasteiger partial charge in [-0.2, -0.15) is 0 Å². The maximum atomic E-state index is 13.3. The highest BCUT2D eigenvalue weighted by Gasteiger charge is 2.60. The summed E-state index contributed by atoms with van der Waals surface area (Å²) >= 11 is 2.09. The van der Waals surface area contributed by atoms with Crippen molar-refractivity contribution in [3.63, 3.8) is 0 Å². The number of piperidine rings is 1. The summed E-state index contributed by atoms with van der Waals surface area (Å²) in [6.45, 7) is 8.66. The van der Waals surface area contributed by atoms with Crippen LogP contribution < -0.4 is 0 Å². The van der Waals surface area contributed by atoms with Crippen molar-refractivity contribution in [3.8, 4) is 0 Å². The highest BCUT2D eigenvalue weighted by atomic mass is 127. The Bertz CT molecular complexity index is 905. The molecule has 0 spiro atoms. The average Bonchev–Trinajstić information content (AvgIpc) is 3.01. The predicted molar refractivity (Wildman–Crippen MR) is 112 cm³/mol. The molecule has 2 amide bonds. The maximum absolute atomic E-state index is 13.3. The molecule has 1 aromatic heterocycles. The summed E-state index contributed by atoms with van der Waals surface area (Å²) in [4.78, 5) is 32.2. The van der Waals surface area contributed by atoms with Crippen LogP contribution in [0.15, 0.2) is 28.7 Å². The number of carbonyl (C=O) groups excluding carboxylic acids is 2. The summed E-state index contributed by atoms with van der Waals surface area (Å²) in [6, 6.07) is 7.77. The Labute approximate surface area is 173 Å². The summed E-state index contributed by atoms with van der Waals surface area (Å²) in [7, 11) is 0. The molecule has 4 atom stereocenters. The first kappa shape index (κ1) is 18.9. The van der Waals surface area contributed by atoms with Gasteiger partial charge in [-0.3, -0.25) is 14.5 Å². The third-order valence-corrected chi connectivity index (χ3v) is 6.66. The quantitative estimate of drug-likeness (QED) is 0.470. The lowest BCUT2D eigenvalue weighted by atomic mass is 9.52. The Morgan fingerprint density at radius 1 is 1.19 bits per heavy atom. The van der Waals surface area contributed by atoms with Crippen LogP contribution in [0.25, 0.3) is 11.1 Å². The number of amides is 2. The fraction of sp³-hybridized carbons (Fsp3) is 0.571. The van der Waals surface area contributed by atoms with E-state index in [0.29, 0.717) is 18.9 Å². The fourth-order valence-electron chi connectivity index (χ4n) is 5.65. The zero-order valence-electron chi connectivity index (χ0n) is 16.2. The number of hydrogen-bond donors (Lipinski definition) is 0. The lowest BCUT2D eigenvalue weighted by Gasteiger charge is -2.56. The Hall–Kier alpha value is -1.44. The van der Waals surface area contributed by atoms with Crippen LogP contribution in [-0.2, 0) is 15.0 Å². The molecule has 2 aromatic rings. The summed E-state index contributed by atoms with van der Waals surface area (Å²) in [5.41, 5.74) is 0.573. The number of aromatic nitrogens is 1. The molecule has 2 bridgehead atoms. The van der Waals surface area contributed by atoms with Gasteiger partial charge in [0.25, 0.3) is 0 Å². The van der Waals surface area contributed by atoms with Crippen molar-refractivity contribution in [1.82, 2.24) is 9.88 Å². The van der Waals surface area contributed by atoms with Gasteiger partial charge < -0.3 is 4.42 Å². The van der Waals surface area contributed by atoms with Crippen molar-refractivity contribution in [3.05, 3.63) is 30.2 Å². The van der Waals surface area contributed by atoms with Gasteiger partial charge >= 0.3 is 0 Å². The monoisotopic (exact) mass is 480 g/mol. The molecule has 27 heavy (non-hydrogen) atoms. The lowest BCUT2D eigenvalue weighted by Crippen LogP contribution is -2.63. The van der Waals surface area contributed by atoms with Crippen molar-refractivity contribution in [2.24, 2.45) is 10.8 Å². The van der Waals surface area contributed by atoms with Crippen LogP contribution in [0.4, 0.5) is 0 Å². The topological polar surface area (TPSA) is 63.4 Å². The number of halogens is 1. The number of para-hydroxylation sites is 2. The first-order valence-electron chi connectivity index (χ1n) is 9.41. The number of carbonyl (C=O) groups is 2. The average molecular weight is 480 g/mol. The number of benzene rings is 1. The van der Waals surface area contributed by atoms with Crippen molar-refractivity contribution in [2.45, 2.75) is 56.3 Å². The minimum absolute atomic E-state index is 0.0458. The van der Waals surface area contributed by atoms with Crippen LogP contribution in [0.3, 0.4) is 0 Å². The molecule has 0 radical (unpaired) electrons. The maximum Gasteiger partial charge on any atom is 0.241 e. The molecular formula is C21H25IN2O3. The Kier molecular flexibility index (Phi) is 4.22. The summed E-state index contributed by atoms with van der Waals surface area (Å²) in [5.74, 6) is 0.578. The van der Waals surface area contributed by atoms with Gasteiger partial charge in [-0.25, -0.2) is 4.98 Å². The van der Waals surface area contributed by atoms with E-state index in [1.807, 2.05) is 38.1 Å². The van der Waals surface area contributed by atoms with Gasteiger partial charge in [0.1, 0.15) is 5.52 Å². The zero-order chi connectivity index (χ0) is 19.6. The third-order valence-electron chi connectivity index (χ3n) is 6.13. The van der Waals surface area contributed by atoms with Gasteiger partial charge in [-0.05, 0) is 43.7 Å². The predicted octanol–water partition coefficient (Wildman–Crippen LogP) is 4.47. The number of hydrogen-bond acceptors (Lipinski definition) is 4. The number of nitrogens with zero attached hydrogens (tertiary/aromatic N) is 2. The van der Waals surface area contributed by atoms with Crippen LogP contribution in [0.5, 0.6) is 0 Å². The van der Waals surface area contributed by atoms with Crippen molar-refractivity contribution in [1.29, 1.82) is 0 Å². The van der Waals surface area contributed by atoms with Gasteiger partial charge in [0.05, 0.1) is 3.92 Å². The molecule has 4 rings (SSSR count). The van der Waals surface area contributed by atoms with Gasteiger partial charge in [0.15, 0.2) is 5.58 Å². The molecule has 2 aliphatic rings. The van der Waals surface area contributed by atoms with E-state index >= 15 is 0 Å². The summed E-state index contributed by atoms with van der Waals surface area (Å²) in [5, 5.41) is 0. The molecular weight excluding hydrogens is 455 g/mol. The minimum Gasteiger partial charge on any atom is -0.440 e. The number of imide groups is 1. The Balaban J connectivity index is 1.74. The molecule has 1 aromatic carbocycles. The van der Waals surface area contributed by atoms with E-state index in [1.165, 1.54) is 4.90 Å². The SMILES string of the molecule is CC(I)C(=O)N1C[C@]2(C)C[C@@](C)(C[C@](C)(c3nc4ccccc4o3)C2)C1=O. The molecule has 1 aliphatic carbocycles. The molecule has 2 fully saturated rings. The number of likely N-dealkylation sites (tertiary alicyclic amines) is 1. The Morgan fingerprint density at radius 3 is 2.52 bits per heavy atom. The van der Waals surface area contributed by atoms with Crippen molar-refractivity contribution < 1.29 is 14.0 Å². The first-order chi connectivity index (χ1) is 12.6. The largest absolute Gasteiger partial charge is 0.440 e. The number of rotatable bonds is 2. The van der Waals surface area contributed by atoms with Crippen LogP contribution in [0.2, 0.25) is 0 Å². The standard InChI is InChI=1S/C21H25IN2O3/c1-13(22)16(25)24-12-19(2)9-20(3,11-21(4,10-19)18(24)26)17-23-14-7-5-6-8-15(14)27-17/h5-8,13H,9-12H2,1-4H3/t13?,19-,20+,21-/m0/s1. The molecule has 1 unspecified atom stereocenters. The van der Waals surface area contributed by atoms with E-state index in [-0.39, 0.29) is 26.6 Å². The second kappa shape index (κ2) is 6.03. The van der Waals surface area contributed by atoms with E-state index in [9.17, 15) is 9.59 Å². The molecule has 2 heterocycles. The van der Waals surface area contributed by atoms with E-state index in [0.717, 1.165) is 23.9 Å². The molecule has 1 aliphatic heterocycles. The van der Waals surface area contributed by atoms with E-state index < -0.39 is 5.41 Å². The second-order valence-electron chi connectivity index (χ2n) is 9.29. The molecule has 1 saturated heterocycles. The summed E-state index contributed by atoms with van der Waals surface area (Å²) < 4.78 is 5.90. The van der Waals surface area contributed by atoms with E-state index in [1.54, 1.807) is 0 Å². The van der Waals surface area contributed by atoms with Crippen LogP contribution >= 0.6 is 22.6 Å². The smallest absolute Gasteiger partial charge is 0.241 e. The lowest BCUT2D eigenvalue weighted by molar-refractivity contribution is -0.168. The molecule has 144 valence electrons. The van der Waals surface area contributed by atoms with E-state index in [4.69, 9.17) is 9.40 Å². The Morgan fingerprint density at radius 2 is 1.85 bits per heavy atom. The normalized spacial score (nSPS) is 34.7. The number of fused-ring (bicyclic) bond motifs is 3. The number of alkyl halides is 1. The molecule has 1 saturated carbocycles. The van der Waals surface area contributed by atoms with Crippen molar-refractivity contribution in [2.75, 3.05) is 6.54 Å². The summed E-state index contributed by atoms with van der Waals surface area (Å²) in [6.07, 6.45) is 2.28. The minimum atomic E-state index is -0.582. The van der Waals surface area contributed by atoms with Crippen LogP contribution in [0, 0.1) is 10.8 Å². The molecule has 6 heteroatoms. The zero-order valence-corrected chi connectivity index (χ0v) is 18.4. The highest BCUT2D eigenvalue weighted by molar-refractivity contribution is 14.1. The van der Waals surface area contributed by atoms with Crippen molar-refractivity contribution >= 4 is 45.5 Å². The second-order valence-corrected chi connectivity index (χ2v) is 11.2. The van der Waals surface area contributed by atoms with Gasteiger partial charge in [0, 0.05) is 17.4 Å². The van der Waals surface area contributed by atoms with E-state index in [2.05, 4.69) is 36.4 Å². The van der Waals surface area contributed by atoms with Gasteiger partial charge in [-0.15, -0.1) is 0 Å². The van der Waals surface area contributed by atoms with Gasteiger partial charge in [-0.1, -0.05) is 55.5 Å². The van der Waals surface area contributed by atoms with Gasteiger partial charge in [0.2, 0.25) is 17.7 Å². The van der Waals surface area contributed by atoms with Crippen LogP contribution in [-0.4, -0.2) is 32.2 Å². The highest BCUT2D eigenvalue weighted by Crippen LogP contribution is 2.58. The third kappa shape index (κ3) is 3.00. The van der Waals surface area contributed by atoms with Crippen LogP contribution in [0.1, 0.15) is 52.8 Å². The fourth-order valence-corrected chi connectivity index (χ4v) is 5.99. The molecule has 0 N–H and O–H groups in total. The first-order valence-corrected chi connectivity index (χ1v) is 10.7. The molecule has 5 nitrogen and oxygen atoms in total. The number of oxazole rings is 1.